The summed E-state index contributed by atoms with van der Waals surface area (Å²) in [6.07, 6.45) is 2.26. The third-order valence-electron chi connectivity index (χ3n) is 3.10. The molecule has 0 saturated heterocycles. The Hall–Kier alpha value is -1.22. The smallest absolute Gasteiger partial charge is 0.141 e. The van der Waals surface area contributed by atoms with Gasteiger partial charge < -0.3 is 0 Å². The molecule has 2 rings (SSSR count). The molecule has 96 valence electrons. The minimum absolute atomic E-state index is 0.274. The predicted octanol–water partition coefficient (Wildman–Crippen LogP) is 4.75. The molecule has 2 heterocycles. The van der Waals surface area contributed by atoms with E-state index in [-0.39, 0.29) is 5.82 Å². The average Bonchev–Trinajstić information content (AvgIpc) is 2.78. The highest BCUT2D eigenvalue weighted by molar-refractivity contribution is 7.10. The number of nitrogens with zero attached hydrogens (tertiary/aromatic N) is 1. The molecule has 18 heavy (non-hydrogen) atoms. The summed E-state index contributed by atoms with van der Waals surface area (Å²) < 4.78 is 12.8. The molecule has 0 aliphatic carbocycles. The first-order valence-electron chi connectivity index (χ1n) is 6.25. The van der Waals surface area contributed by atoms with E-state index < -0.39 is 0 Å². The largest absolute Gasteiger partial charge is 0.258 e. The van der Waals surface area contributed by atoms with Gasteiger partial charge in [-0.05, 0) is 41.5 Å². The fourth-order valence-electron chi connectivity index (χ4n) is 1.89. The van der Waals surface area contributed by atoms with E-state index in [4.69, 9.17) is 0 Å². The van der Waals surface area contributed by atoms with Gasteiger partial charge in [-0.25, -0.2) is 4.39 Å². The lowest BCUT2D eigenvalue weighted by atomic mass is 10.0. The first-order chi connectivity index (χ1) is 8.56. The fourth-order valence-corrected chi connectivity index (χ4v) is 3.07. The minimum atomic E-state index is -0.274. The van der Waals surface area contributed by atoms with Crippen LogP contribution in [0.2, 0.25) is 0 Å². The molecular formula is C15H18FNS. The highest BCUT2D eigenvalue weighted by Crippen LogP contribution is 2.26. The topological polar surface area (TPSA) is 12.9 Å². The van der Waals surface area contributed by atoms with Crippen LogP contribution in [0.25, 0.3) is 0 Å². The van der Waals surface area contributed by atoms with Crippen LogP contribution >= 0.6 is 11.3 Å². The molecule has 1 unspecified atom stereocenters. The summed E-state index contributed by atoms with van der Waals surface area (Å²) in [5, 5.41) is 2.23. The molecular weight excluding hydrogens is 245 g/mol. The molecule has 0 spiro atoms. The van der Waals surface area contributed by atoms with Crippen LogP contribution in [0.1, 0.15) is 48.7 Å². The van der Waals surface area contributed by atoms with E-state index >= 15 is 0 Å². The van der Waals surface area contributed by atoms with Crippen LogP contribution in [0.4, 0.5) is 4.39 Å². The zero-order valence-corrected chi connectivity index (χ0v) is 11.8. The molecule has 0 saturated carbocycles. The second-order valence-corrected chi connectivity index (χ2v) is 6.00. The molecule has 0 radical (unpaired) electrons. The van der Waals surface area contributed by atoms with Crippen molar-refractivity contribution >= 4 is 11.3 Å². The summed E-state index contributed by atoms with van der Waals surface area (Å²) in [5.74, 6) is 0.627. The predicted molar refractivity (Wildman–Crippen MR) is 74.7 cm³/mol. The molecule has 0 amide bonds. The van der Waals surface area contributed by atoms with E-state index in [2.05, 4.69) is 37.2 Å². The van der Waals surface area contributed by atoms with Crippen molar-refractivity contribution < 1.29 is 4.39 Å². The monoisotopic (exact) mass is 263 g/mol. The second kappa shape index (κ2) is 5.61. The Kier molecular flexibility index (Phi) is 4.12. The van der Waals surface area contributed by atoms with E-state index in [0.29, 0.717) is 11.8 Å². The standard InChI is InChI=1S/C15H18FNS/c1-10(2)12-7-14(18-9-12)6-11(3)15-5-4-13(16)8-17-15/h4-5,7-11H,6H2,1-3H3. The first-order valence-corrected chi connectivity index (χ1v) is 7.13. The Bertz CT molecular complexity index is 501. The summed E-state index contributed by atoms with van der Waals surface area (Å²) in [6, 6.07) is 5.53. The van der Waals surface area contributed by atoms with Crippen molar-refractivity contribution in [3.05, 3.63) is 51.7 Å². The third kappa shape index (κ3) is 3.16. The molecule has 0 aliphatic rings. The number of pyridine rings is 1. The van der Waals surface area contributed by atoms with E-state index in [1.165, 1.54) is 22.7 Å². The van der Waals surface area contributed by atoms with Crippen molar-refractivity contribution in [2.75, 3.05) is 0 Å². The van der Waals surface area contributed by atoms with Gasteiger partial charge in [-0.3, -0.25) is 4.98 Å². The van der Waals surface area contributed by atoms with Crippen LogP contribution in [0, 0.1) is 5.82 Å². The first kappa shape index (κ1) is 13.2. The average molecular weight is 263 g/mol. The second-order valence-electron chi connectivity index (χ2n) is 5.01. The highest BCUT2D eigenvalue weighted by Gasteiger charge is 2.11. The number of thiophene rings is 1. The molecule has 0 aliphatic heterocycles. The number of halogens is 1. The summed E-state index contributed by atoms with van der Waals surface area (Å²) >= 11 is 1.80. The Balaban J connectivity index is 2.06. The maximum Gasteiger partial charge on any atom is 0.141 e. The van der Waals surface area contributed by atoms with Gasteiger partial charge in [-0.1, -0.05) is 20.8 Å². The van der Waals surface area contributed by atoms with Crippen molar-refractivity contribution in [2.24, 2.45) is 0 Å². The van der Waals surface area contributed by atoms with Crippen LogP contribution in [0.3, 0.4) is 0 Å². The van der Waals surface area contributed by atoms with Crippen molar-refractivity contribution in [2.45, 2.75) is 39.0 Å². The van der Waals surface area contributed by atoms with Crippen LogP contribution in [0.15, 0.2) is 29.8 Å². The summed E-state index contributed by atoms with van der Waals surface area (Å²) in [7, 11) is 0. The molecule has 2 aromatic heterocycles. The van der Waals surface area contributed by atoms with E-state index in [9.17, 15) is 4.39 Å². The molecule has 1 nitrogen and oxygen atoms in total. The van der Waals surface area contributed by atoms with Crippen LogP contribution < -0.4 is 0 Å². The lowest BCUT2D eigenvalue weighted by Crippen LogP contribution is -2.00. The number of rotatable bonds is 4. The molecule has 3 heteroatoms. The number of aromatic nitrogens is 1. The lowest BCUT2D eigenvalue weighted by Gasteiger charge is -2.09. The van der Waals surface area contributed by atoms with E-state index in [1.807, 2.05) is 0 Å². The number of hydrogen-bond acceptors (Lipinski definition) is 2. The summed E-state index contributed by atoms with van der Waals surface area (Å²) in [6.45, 7) is 6.54. The Morgan fingerprint density at radius 2 is 2.06 bits per heavy atom. The van der Waals surface area contributed by atoms with Gasteiger partial charge >= 0.3 is 0 Å². The van der Waals surface area contributed by atoms with Crippen molar-refractivity contribution in [3.63, 3.8) is 0 Å². The Morgan fingerprint density at radius 3 is 2.61 bits per heavy atom. The van der Waals surface area contributed by atoms with Crippen molar-refractivity contribution in [1.82, 2.24) is 4.98 Å². The molecule has 0 bridgehead atoms. The zero-order chi connectivity index (χ0) is 13.1. The molecule has 1 atom stereocenters. The van der Waals surface area contributed by atoms with Gasteiger partial charge in [0.2, 0.25) is 0 Å². The normalized spacial score (nSPS) is 12.9. The van der Waals surface area contributed by atoms with Crippen molar-refractivity contribution in [3.8, 4) is 0 Å². The molecule has 0 aromatic carbocycles. The van der Waals surface area contributed by atoms with E-state index in [0.717, 1.165) is 12.1 Å². The van der Waals surface area contributed by atoms with E-state index in [1.54, 1.807) is 17.4 Å². The van der Waals surface area contributed by atoms with Gasteiger partial charge in [0.25, 0.3) is 0 Å². The molecule has 0 fully saturated rings. The Labute approximate surface area is 112 Å². The van der Waals surface area contributed by atoms with Crippen LogP contribution in [-0.4, -0.2) is 4.98 Å². The highest BCUT2D eigenvalue weighted by atomic mass is 32.1. The quantitative estimate of drug-likeness (QED) is 0.775. The van der Waals surface area contributed by atoms with Gasteiger partial charge in [-0.15, -0.1) is 11.3 Å². The lowest BCUT2D eigenvalue weighted by molar-refractivity contribution is 0.615. The van der Waals surface area contributed by atoms with Crippen LogP contribution in [0.5, 0.6) is 0 Å². The van der Waals surface area contributed by atoms with Gasteiger partial charge in [0.15, 0.2) is 0 Å². The van der Waals surface area contributed by atoms with Crippen molar-refractivity contribution in [1.29, 1.82) is 0 Å². The maximum atomic E-state index is 12.8. The van der Waals surface area contributed by atoms with Gasteiger partial charge in [0.05, 0.1) is 6.20 Å². The van der Waals surface area contributed by atoms with Gasteiger partial charge in [0.1, 0.15) is 5.82 Å². The zero-order valence-electron chi connectivity index (χ0n) is 11.0. The van der Waals surface area contributed by atoms with Gasteiger partial charge in [0, 0.05) is 16.5 Å². The third-order valence-corrected chi connectivity index (χ3v) is 4.08. The molecule has 0 N–H and O–H groups in total. The maximum absolute atomic E-state index is 12.8. The summed E-state index contributed by atoms with van der Waals surface area (Å²) in [4.78, 5) is 5.52. The minimum Gasteiger partial charge on any atom is -0.258 e. The SMILES string of the molecule is CC(C)c1csc(CC(C)c2ccc(F)cn2)c1. The number of hydrogen-bond donors (Lipinski definition) is 0. The summed E-state index contributed by atoms with van der Waals surface area (Å²) in [5.41, 5.74) is 2.35. The van der Waals surface area contributed by atoms with Crippen LogP contribution in [-0.2, 0) is 6.42 Å². The molecule has 2 aromatic rings. The van der Waals surface area contributed by atoms with Gasteiger partial charge in [-0.2, -0.15) is 0 Å². The fraction of sp³-hybridized carbons (Fsp3) is 0.400. The Morgan fingerprint density at radius 1 is 1.28 bits per heavy atom.